The SMILES string of the molecule is CC1C(=O)CC(C(C)(C)C)C1=O. The summed E-state index contributed by atoms with van der Waals surface area (Å²) in [7, 11) is 0. The van der Waals surface area contributed by atoms with E-state index in [9.17, 15) is 9.59 Å². The molecular weight excluding hydrogens is 152 g/mol. The number of Topliss-reactive ketones (excluding diaryl/α,β-unsaturated/α-hetero) is 2. The molecule has 0 saturated heterocycles. The Balaban J connectivity index is 2.86. The van der Waals surface area contributed by atoms with Gasteiger partial charge in [-0.15, -0.1) is 0 Å². The molecule has 0 amide bonds. The minimum atomic E-state index is -0.353. The van der Waals surface area contributed by atoms with Gasteiger partial charge in [0.15, 0.2) is 0 Å². The zero-order valence-corrected chi connectivity index (χ0v) is 8.18. The summed E-state index contributed by atoms with van der Waals surface area (Å²) in [6, 6.07) is 0. The zero-order chi connectivity index (χ0) is 9.52. The maximum absolute atomic E-state index is 11.5. The molecule has 0 aromatic rings. The Hall–Kier alpha value is -0.660. The van der Waals surface area contributed by atoms with E-state index in [4.69, 9.17) is 0 Å². The van der Waals surface area contributed by atoms with Crippen LogP contribution in [0.1, 0.15) is 34.1 Å². The van der Waals surface area contributed by atoms with Crippen LogP contribution in [0.3, 0.4) is 0 Å². The average molecular weight is 168 g/mol. The van der Waals surface area contributed by atoms with Crippen LogP contribution in [0.15, 0.2) is 0 Å². The summed E-state index contributed by atoms with van der Waals surface area (Å²) >= 11 is 0. The fourth-order valence-corrected chi connectivity index (χ4v) is 1.67. The second-order valence-corrected chi connectivity index (χ2v) is 4.71. The number of hydrogen-bond donors (Lipinski definition) is 0. The van der Waals surface area contributed by atoms with Gasteiger partial charge in [0.2, 0.25) is 0 Å². The highest BCUT2D eigenvalue weighted by Gasteiger charge is 2.43. The van der Waals surface area contributed by atoms with Gasteiger partial charge in [-0.25, -0.2) is 0 Å². The lowest BCUT2D eigenvalue weighted by Gasteiger charge is -2.24. The van der Waals surface area contributed by atoms with Gasteiger partial charge in [0.1, 0.15) is 11.6 Å². The van der Waals surface area contributed by atoms with E-state index in [0.717, 1.165) is 0 Å². The Morgan fingerprint density at radius 2 is 1.75 bits per heavy atom. The van der Waals surface area contributed by atoms with Crippen molar-refractivity contribution >= 4 is 11.6 Å². The highest BCUT2D eigenvalue weighted by molar-refractivity contribution is 6.09. The molecule has 1 aliphatic carbocycles. The lowest BCUT2D eigenvalue weighted by molar-refractivity contribution is -0.128. The predicted molar refractivity (Wildman–Crippen MR) is 46.7 cm³/mol. The molecule has 0 heterocycles. The number of rotatable bonds is 0. The van der Waals surface area contributed by atoms with Crippen molar-refractivity contribution < 1.29 is 9.59 Å². The van der Waals surface area contributed by atoms with Crippen molar-refractivity contribution in [1.82, 2.24) is 0 Å². The Kier molecular flexibility index (Phi) is 2.11. The maximum Gasteiger partial charge on any atom is 0.147 e. The molecule has 2 nitrogen and oxygen atoms in total. The quantitative estimate of drug-likeness (QED) is 0.517. The van der Waals surface area contributed by atoms with Crippen LogP contribution in [0, 0.1) is 17.3 Å². The summed E-state index contributed by atoms with van der Waals surface area (Å²) in [5.41, 5.74) is -0.0580. The average Bonchev–Trinajstić information content (AvgIpc) is 2.15. The van der Waals surface area contributed by atoms with Crippen molar-refractivity contribution in [2.75, 3.05) is 0 Å². The van der Waals surface area contributed by atoms with Gasteiger partial charge in [0.05, 0.1) is 5.92 Å². The molecule has 0 aromatic heterocycles. The largest absolute Gasteiger partial charge is 0.299 e. The van der Waals surface area contributed by atoms with Crippen molar-refractivity contribution in [3.63, 3.8) is 0 Å². The van der Waals surface area contributed by atoms with E-state index in [2.05, 4.69) is 0 Å². The molecule has 1 fully saturated rings. The van der Waals surface area contributed by atoms with Crippen LogP contribution in [0.25, 0.3) is 0 Å². The molecule has 0 N–H and O–H groups in total. The first kappa shape index (κ1) is 9.43. The molecule has 2 atom stereocenters. The van der Waals surface area contributed by atoms with Crippen LogP contribution in [0.2, 0.25) is 0 Å². The first-order valence-electron chi connectivity index (χ1n) is 4.40. The van der Waals surface area contributed by atoms with Gasteiger partial charge in [0, 0.05) is 12.3 Å². The molecule has 68 valence electrons. The molecule has 1 rings (SSSR count). The van der Waals surface area contributed by atoms with Crippen LogP contribution in [-0.2, 0) is 9.59 Å². The van der Waals surface area contributed by atoms with Gasteiger partial charge < -0.3 is 0 Å². The van der Waals surface area contributed by atoms with Crippen LogP contribution in [-0.4, -0.2) is 11.6 Å². The minimum Gasteiger partial charge on any atom is -0.299 e. The van der Waals surface area contributed by atoms with Crippen molar-refractivity contribution in [1.29, 1.82) is 0 Å². The molecule has 0 bridgehead atoms. The van der Waals surface area contributed by atoms with E-state index < -0.39 is 0 Å². The van der Waals surface area contributed by atoms with Gasteiger partial charge in [-0.05, 0) is 12.3 Å². The highest BCUT2D eigenvalue weighted by atomic mass is 16.2. The lowest BCUT2D eigenvalue weighted by Crippen LogP contribution is -2.25. The minimum absolute atomic E-state index is 0.0556. The Morgan fingerprint density at radius 1 is 1.25 bits per heavy atom. The molecular formula is C10H16O2. The molecule has 0 spiro atoms. The van der Waals surface area contributed by atoms with Crippen molar-refractivity contribution in [2.45, 2.75) is 34.1 Å². The normalized spacial score (nSPS) is 31.3. The van der Waals surface area contributed by atoms with Gasteiger partial charge >= 0.3 is 0 Å². The summed E-state index contributed by atoms with van der Waals surface area (Å²) in [6.45, 7) is 7.76. The monoisotopic (exact) mass is 168 g/mol. The predicted octanol–water partition coefficient (Wildman–Crippen LogP) is 1.83. The van der Waals surface area contributed by atoms with Gasteiger partial charge in [-0.3, -0.25) is 9.59 Å². The van der Waals surface area contributed by atoms with Crippen LogP contribution in [0.4, 0.5) is 0 Å². The van der Waals surface area contributed by atoms with Crippen LogP contribution < -0.4 is 0 Å². The third-order valence-electron chi connectivity index (χ3n) is 2.70. The van der Waals surface area contributed by atoms with E-state index >= 15 is 0 Å². The van der Waals surface area contributed by atoms with E-state index in [1.165, 1.54) is 0 Å². The fourth-order valence-electron chi connectivity index (χ4n) is 1.67. The molecule has 0 aromatic carbocycles. The maximum atomic E-state index is 11.5. The number of carbonyl (C=O) groups is 2. The Labute approximate surface area is 73.3 Å². The second-order valence-electron chi connectivity index (χ2n) is 4.71. The zero-order valence-electron chi connectivity index (χ0n) is 8.18. The third kappa shape index (κ3) is 1.43. The van der Waals surface area contributed by atoms with Crippen molar-refractivity contribution in [3.05, 3.63) is 0 Å². The summed E-state index contributed by atoms with van der Waals surface area (Å²) in [6.07, 6.45) is 0.448. The molecule has 2 unspecified atom stereocenters. The van der Waals surface area contributed by atoms with Crippen molar-refractivity contribution in [3.8, 4) is 0 Å². The summed E-state index contributed by atoms with van der Waals surface area (Å²) in [5, 5.41) is 0. The van der Waals surface area contributed by atoms with E-state index in [1.54, 1.807) is 6.92 Å². The standard InChI is InChI=1S/C10H16O2/c1-6-8(11)5-7(9(6)12)10(2,3)4/h6-7H,5H2,1-4H3. The summed E-state index contributed by atoms with van der Waals surface area (Å²) in [4.78, 5) is 22.8. The molecule has 0 aliphatic heterocycles. The topological polar surface area (TPSA) is 34.1 Å². The second kappa shape index (κ2) is 2.68. The van der Waals surface area contributed by atoms with E-state index in [-0.39, 0.29) is 28.8 Å². The van der Waals surface area contributed by atoms with Gasteiger partial charge in [-0.2, -0.15) is 0 Å². The van der Waals surface area contributed by atoms with Crippen molar-refractivity contribution in [2.24, 2.45) is 17.3 Å². The van der Waals surface area contributed by atoms with Crippen LogP contribution in [0.5, 0.6) is 0 Å². The lowest BCUT2D eigenvalue weighted by atomic mass is 9.79. The van der Waals surface area contributed by atoms with E-state index in [0.29, 0.717) is 6.42 Å². The number of carbonyl (C=O) groups excluding carboxylic acids is 2. The Morgan fingerprint density at radius 3 is 1.92 bits per heavy atom. The molecule has 1 saturated carbocycles. The smallest absolute Gasteiger partial charge is 0.147 e. The fraction of sp³-hybridized carbons (Fsp3) is 0.800. The van der Waals surface area contributed by atoms with Gasteiger partial charge in [-0.1, -0.05) is 20.8 Å². The number of hydrogen-bond acceptors (Lipinski definition) is 2. The first-order valence-corrected chi connectivity index (χ1v) is 4.40. The van der Waals surface area contributed by atoms with E-state index in [1.807, 2.05) is 20.8 Å². The Bertz CT molecular complexity index is 222. The van der Waals surface area contributed by atoms with Crippen LogP contribution >= 0.6 is 0 Å². The summed E-state index contributed by atoms with van der Waals surface area (Å²) in [5.74, 6) is -0.165. The van der Waals surface area contributed by atoms with Gasteiger partial charge in [0.25, 0.3) is 0 Å². The molecule has 1 aliphatic rings. The summed E-state index contributed by atoms with van der Waals surface area (Å²) < 4.78 is 0. The third-order valence-corrected chi connectivity index (χ3v) is 2.70. The molecule has 12 heavy (non-hydrogen) atoms. The molecule has 2 heteroatoms. The number of ketones is 2. The first-order chi connectivity index (χ1) is 5.34. The highest BCUT2D eigenvalue weighted by Crippen LogP contribution is 2.37. The molecule has 0 radical (unpaired) electrons.